The molecule has 0 saturated heterocycles. The van der Waals surface area contributed by atoms with Gasteiger partial charge in [0.05, 0.1) is 12.5 Å². The van der Waals surface area contributed by atoms with Crippen molar-refractivity contribution in [1.82, 2.24) is 0 Å². The van der Waals surface area contributed by atoms with E-state index in [0.29, 0.717) is 11.3 Å². The van der Waals surface area contributed by atoms with Gasteiger partial charge >= 0.3 is 11.9 Å². The van der Waals surface area contributed by atoms with Crippen LogP contribution in [0.25, 0.3) is 22.3 Å². The third-order valence-electron chi connectivity index (χ3n) is 4.22. The van der Waals surface area contributed by atoms with E-state index in [9.17, 15) is 14.4 Å². The Balaban J connectivity index is 2.15. The molecule has 0 amide bonds. The van der Waals surface area contributed by atoms with E-state index >= 15 is 0 Å². The van der Waals surface area contributed by atoms with Gasteiger partial charge in [0.2, 0.25) is 0 Å². The highest BCUT2D eigenvalue weighted by Gasteiger charge is 2.23. The molecule has 0 aliphatic heterocycles. The quantitative estimate of drug-likeness (QED) is 0.658. The molecular weight excluding hydrogens is 348 g/mol. The van der Waals surface area contributed by atoms with E-state index in [4.69, 9.17) is 9.15 Å². The third kappa shape index (κ3) is 3.46. The first-order valence-corrected chi connectivity index (χ1v) is 8.34. The van der Waals surface area contributed by atoms with Crippen LogP contribution >= 0.6 is 0 Å². The number of methoxy groups -OCH3 is 1. The van der Waals surface area contributed by atoms with Crippen molar-refractivity contribution in [1.29, 1.82) is 0 Å². The lowest BCUT2D eigenvalue weighted by atomic mass is 10.0. The van der Waals surface area contributed by atoms with Gasteiger partial charge in [0.1, 0.15) is 11.3 Å². The molecular formula is C21H18O6. The van der Waals surface area contributed by atoms with Gasteiger partial charge in [0, 0.05) is 11.1 Å². The molecule has 0 N–H and O–H groups in total. The number of carbonyl (C=O) groups excluding carboxylic acids is 2. The summed E-state index contributed by atoms with van der Waals surface area (Å²) < 4.78 is 15.7. The fraction of sp³-hybridized carbons (Fsp3) is 0.190. The molecule has 0 aliphatic carbocycles. The van der Waals surface area contributed by atoms with Gasteiger partial charge in [0.15, 0.2) is 17.1 Å². The minimum atomic E-state index is -1.08. The fourth-order valence-corrected chi connectivity index (χ4v) is 2.77. The minimum absolute atomic E-state index is 0.0672. The van der Waals surface area contributed by atoms with Crippen molar-refractivity contribution in [3.05, 3.63) is 69.9 Å². The largest absolute Gasteiger partial charge is 0.466 e. The Morgan fingerprint density at radius 2 is 1.74 bits per heavy atom. The van der Waals surface area contributed by atoms with Gasteiger partial charge < -0.3 is 13.9 Å². The molecule has 0 radical (unpaired) electrons. The Hall–Kier alpha value is -3.41. The molecule has 0 bridgehead atoms. The molecule has 0 fully saturated rings. The average molecular weight is 366 g/mol. The smallest absolute Gasteiger partial charge is 0.346 e. The summed E-state index contributed by atoms with van der Waals surface area (Å²) in [6.07, 6.45) is -1.08. The standard InChI is InChI=1S/C21H18O6/c1-12-17(22)15-10-7-11-16(21(24)26-13(2)20(23)25-3)19(15)27-18(12)14-8-5-4-6-9-14/h4-11,13H,1-3H3/t13-/m1/s1. The number of hydrogen-bond acceptors (Lipinski definition) is 6. The number of para-hydroxylation sites is 1. The molecule has 3 aromatic rings. The number of carbonyl (C=O) groups is 2. The van der Waals surface area contributed by atoms with E-state index in [-0.39, 0.29) is 22.0 Å². The zero-order valence-corrected chi connectivity index (χ0v) is 15.1. The molecule has 138 valence electrons. The molecule has 1 heterocycles. The van der Waals surface area contributed by atoms with Crippen LogP contribution in [-0.2, 0) is 14.3 Å². The highest BCUT2D eigenvalue weighted by Crippen LogP contribution is 2.27. The van der Waals surface area contributed by atoms with E-state index in [0.717, 1.165) is 5.56 Å². The number of ether oxygens (including phenoxy) is 2. The molecule has 2 aromatic carbocycles. The van der Waals surface area contributed by atoms with Crippen LogP contribution in [0.5, 0.6) is 0 Å². The van der Waals surface area contributed by atoms with Gasteiger partial charge in [-0.1, -0.05) is 36.4 Å². The van der Waals surface area contributed by atoms with Crippen LogP contribution in [0, 0.1) is 6.92 Å². The Labute approximate surface area is 155 Å². The van der Waals surface area contributed by atoms with Crippen LogP contribution in [0.3, 0.4) is 0 Å². The summed E-state index contributed by atoms with van der Waals surface area (Å²) in [5.41, 5.74) is 1.12. The van der Waals surface area contributed by atoms with E-state index < -0.39 is 18.0 Å². The normalized spacial score (nSPS) is 11.8. The third-order valence-corrected chi connectivity index (χ3v) is 4.22. The van der Waals surface area contributed by atoms with Gasteiger partial charge in [-0.2, -0.15) is 0 Å². The fourth-order valence-electron chi connectivity index (χ4n) is 2.77. The van der Waals surface area contributed by atoms with E-state index in [1.54, 1.807) is 19.1 Å². The molecule has 0 aliphatic rings. The van der Waals surface area contributed by atoms with Gasteiger partial charge in [-0.25, -0.2) is 9.59 Å². The number of fused-ring (bicyclic) bond motifs is 1. The van der Waals surface area contributed by atoms with Crippen molar-refractivity contribution in [2.45, 2.75) is 20.0 Å². The van der Waals surface area contributed by atoms with E-state index in [1.165, 1.54) is 20.1 Å². The maximum Gasteiger partial charge on any atom is 0.346 e. The topological polar surface area (TPSA) is 82.8 Å². The van der Waals surface area contributed by atoms with Gasteiger partial charge in [0.25, 0.3) is 0 Å². The maximum absolute atomic E-state index is 12.8. The van der Waals surface area contributed by atoms with Crippen molar-refractivity contribution in [3.63, 3.8) is 0 Å². The molecule has 3 rings (SSSR count). The molecule has 1 atom stereocenters. The summed E-state index contributed by atoms with van der Waals surface area (Å²) in [4.78, 5) is 36.8. The summed E-state index contributed by atoms with van der Waals surface area (Å²) in [6, 6.07) is 13.8. The first kappa shape index (κ1) is 18.4. The van der Waals surface area contributed by atoms with Gasteiger partial charge in [-0.15, -0.1) is 0 Å². The van der Waals surface area contributed by atoms with E-state index in [1.807, 2.05) is 30.3 Å². The van der Waals surface area contributed by atoms with Crippen molar-refractivity contribution < 1.29 is 23.5 Å². The van der Waals surface area contributed by atoms with Crippen molar-refractivity contribution in [3.8, 4) is 11.3 Å². The van der Waals surface area contributed by atoms with Crippen LogP contribution in [0.15, 0.2) is 57.7 Å². The van der Waals surface area contributed by atoms with Crippen LogP contribution in [-0.4, -0.2) is 25.2 Å². The maximum atomic E-state index is 12.8. The lowest BCUT2D eigenvalue weighted by Crippen LogP contribution is -2.25. The zero-order chi connectivity index (χ0) is 19.6. The summed E-state index contributed by atoms with van der Waals surface area (Å²) in [5, 5.41) is 0.271. The van der Waals surface area contributed by atoms with Gasteiger partial charge in [-0.05, 0) is 26.0 Å². The Kier molecular flexibility index (Phi) is 5.07. The summed E-state index contributed by atoms with van der Waals surface area (Å²) in [5.74, 6) is -1.07. The minimum Gasteiger partial charge on any atom is -0.466 e. The highest BCUT2D eigenvalue weighted by molar-refractivity contribution is 6.03. The SMILES string of the molecule is COC(=O)[C@@H](C)OC(=O)c1cccc2c(=O)c(C)c(-c3ccccc3)oc12. The van der Waals surface area contributed by atoms with Crippen molar-refractivity contribution in [2.24, 2.45) is 0 Å². The molecule has 0 spiro atoms. The molecule has 0 saturated carbocycles. The zero-order valence-electron chi connectivity index (χ0n) is 15.1. The van der Waals surface area contributed by atoms with Crippen LogP contribution in [0.1, 0.15) is 22.8 Å². The van der Waals surface area contributed by atoms with Gasteiger partial charge in [-0.3, -0.25) is 4.79 Å². The Bertz CT molecular complexity index is 1070. The predicted octanol–water partition coefficient (Wildman–Crippen LogP) is 3.49. The molecule has 6 nitrogen and oxygen atoms in total. The first-order valence-electron chi connectivity index (χ1n) is 8.34. The predicted molar refractivity (Wildman–Crippen MR) is 99.6 cm³/mol. The molecule has 1 aromatic heterocycles. The molecule has 0 unspecified atom stereocenters. The van der Waals surface area contributed by atoms with Crippen LogP contribution < -0.4 is 5.43 Å². The van der Waals surface area contributed by atoms with Crippen molar-refractivity contribution >= 4 is 22.9 Å². The summed E-state index contributed by atoms with van der Waals surface area (Å²) >= 11 is 0. The second-order valence-electron chi connectivity index (χ2n) is 6.00. The average Bonchev–Trinajstić information content (AvgIpc) is 2.70. The molecule has 27 heavy (non-hydrogen) atoms. The van der Waals surface area contributed by atoms with E-state index in [2.05, 4.69) is 4.74 Å². The number of hydrogen-bond donors (Lipinski definition) is 0. The van der Waals surface area contributed by atoms with Crippen LogP contribution in [0.2, 0.25) is 0 Å². The second kappa shape index (κ2) is 7.45. The lowest BCUT2D eigenvalue weighted by molar-refractivity contribution is -0.149. The van der Waals surface area contributed by atoms with Crippen LogP contribution in [0.4, 0.5) is 0 Å². The Morgan fingerprint density at radius 3 is 2.41 bits per heavy atom. The first-order chi connectivity index (χ1) is 12.9. The summed E-state index contributed by atoms with van der Waals surface area (Å²) in [7, 11) is 1.21. The monoisotopic (exact) mass is 366 g/mol. The molecule has 6 heteroatoms. The number of rotatable bonds is 4. The second-order valence-corrected chi connectivity index (χ2v) is 6.00. The summed E-state index contributed by atoms with van der Waals surface area (Å²) in [6.45, 7) is 3.09. The highest BCUT2D eigenvalue weighted by atomic mass is 16.6. The van der Waals surface area contributed by atoms with Crippen molar-refractivity contribution in [2.75, 3.05) is 7.11 Å². The Morgan fingerprint density at radius 1 is 1.04 bits per heavy atom. The lowest BCUT2D eigenvalue weighted by Gasteiger charge is -2.13. The number of benzene rings is 2. The number of esters is 2.